The van der Waals surface area contributed by atoms with Gasteiger partial charge in [-0.05, 0) is 26.2 Å². The second-order valence-electron chi connectivity index (χ2n) is 3.98. The van der Waals surface area contributed by atoms with Gasteiger partial charge in [0.1, 0.15) is 0 Å². The predicted octanol–water partition coefficient (Wildman–Crippen LogP) is 0.0542. The molecule has 0 spiro atoms. The molecular formula is C10H19N3O3. The molecule has 0 aromatic carbocycles. The summed E-state index contributed by atoms with van der Waals surface area (Å²) in [5.41, 5.74) is 5.33. The van der Waals surface area contributed by atoms with Crippen molar-refractivity contribution in [2.24, 2.45) is 16.8 Å². The zero-order valence-electron chi connectivity index (χ0n) is 9.48. The first-order valence-corrected chi connectivity index (χ1v) is 5.52. The number of carbonyl (C=O) groups excluding carboxylic acids is 1. The summed E-state index contributed by atoms with van der Waals surface area (Å²) in [4.78, 5) is 11.5. The molecule has 1 saturated heterocycles. The van der Waals surface area contributed by atoms with Crippen molar-refractivity contribution in [3.05, 3.63) is 0 Å². The number of nitrogens with one attached hydrogen (secondary N) is 1. The van der Waals surface area contributed by atoms with Crippen LogP contribution >= 0.6 is 0 Å². The molecule has 92 valence electrons. The molecule has 0 aromatic heterocycles. The van der Waals surface area contributed by atoms with Gasteiger partial charge in [-0.15, -0.1) is 0 Å². The third-order valence-electron chi connectivity index (χ3n) is 2.73. The molecule has 1 fully saturated rings. The number of hydrogen-bond donors (Lipinski definition) is 3. The maximum absolute atomic E-state index is 11.5. The van der Waals surface area contributed by atoms with Crippen LogP contribution in [0.4, 0.5) is 0 Å². The van der Waals surface area contributed by atoms with Gasteiger partial charge in [-0.1, -0.05) is 5.16 Å². The Morgan fingerprint density at radius 3 is 3.00 bits per heavy atom. The fraction of sp³-hybridized carbons (Fsp3) is 0.800. The number of amidine groups is 1. The molecule has 1 rings (SSSR count). The number of oxime groups is 1. The van der Waals surface area contributed by atoms with Crippen LogP contribution < -0.4 is 11.1 Å². The average Bonchev–Trinajstić information content (AvgIpc) is 2.35. The molecule has 0 saturated carbocycles. The Balaban J connectivity index is 2.28. The zero-order valence-corrected chi connectivity index (χ0v) is 9.48. The fourth-order valence-electron chi connectivity index (χ4n) is 1.56. The van der Waals surface area contributed by atoms with Gasteiger partial charge in [0.25, 0.3) is 0 Å². The average molecular weight is 229 g/mol. The number of hydrogen-bond acceptors (Lipinski definition) is 4. The predicted molar refractivity (Wildman–Crippen MR) is 59.2 cm³/mol. The Kier molecular flexibility index (Phi) is 5.04. The van der Waals surface area contributed by atoms with Crippen molar-refractivity contribution in [2.45, 2.75) is 32.3 Å². The monoisotopic (exact) mass is 229 g/mol. The summed E-state index contributed by atoms with van der Waals surface area (Å²) in [6.45, 7) is 2.84. The van der Waals surface area contributed by atoms with E-state index in [2.05, 4.69) is 10.5 Å². The Morgan fingerprint density at radius 2 is 2.44 bits per heavy atom. The highest BCUT2D eigenvalue weighted by Gasteiger charge is 2.20. The number of nitrogens with two attached hydrogens (primary N) is 1. The van der Waals surface area contributed by atoms with Crippen molar-refractivity contribution in [1.29, 1.82) is 0 Å². The number of nitrogens with zero attached hydrogens (tertiary/aromatic N) is 1. The molecule has 1 heterocycles. The second-order valence-corrected chi connectivity index (χ2v) is 3.98. The Hall–Kier alpha value is -1.30. The molecule has 1 aliphatic rings. The number of amides is 1. The van der Waals surface area contributed by atoms with Crippen molar-refractivity contribution in [1.82, 2.24) is 5.32 Å². The van der Waals surface area contributed by atoms with E-state index in [1.807, 2.05) is 0 Å². The van der Waals surface area contributed by atoms with Gasteiger partial charge < -0.3 is 21.0 Å². The van der Waals surface area contributed by atoms with Crippen molar-refractivity contribution in [2.75, 3.05) is 13.2 Å². The van der Waals surface area contributed by atoms with Crippen LogP contribution in [0, 0.1) is 5.92 Å². The minimum atomic E-state index is -0.617. The summed E-state index contributed by atoms with van der Waals surface area (Å²) in [5, 5.41) is 14.0. The standard InChI is InChI=1S/C10H19N3O3/c1-7(9(11)13-15)10(14)12-6-8-4-2-3-5-16-8/h7-8,15H,2-6H2,1H3,(H2,11,13)(H,12,14). The van der Waals surface area contributed by atoms with Crippen molar-refractivity contribution in [3.8, 4) is 0 Å². The normalized spacial score (nSPS) is 23.8. The summed E-state index contributed by atoms with van der Waals surface area (Å²) in [6, 6.07) is 0. The fourth-order valence-corrected chi connectivity index (χ4v) is 1.56. The van der Waals surface area contributed by atoms with Crippen LogP contribution in [-0.4, -0.2) is 36.2 Å². The van der Waals surface area contributed by atoms with E-state index >= 15 is 0 Å². The third kappa shape index (κ3) is 3.69. The van der Waals surface area contributed by atoms with Crippen LogP contribution in [0.3, 0.4) is 0 Å². The molecular weight excluding hydrogens is 210 g/mol. The number of carbonyl (C=O) groups is 1. The Labute approximate surface area is 94.8 Å². The summed E-state index contributed by atoms with van der Waals surface area (Å²) < 4.78 is 5.47. The summed E-state index contributed by atoms with van der Waals surface area (Å²) >= 11 is 0. The quantitative estimate of drug-likeness (QED) is 0.275. The number of rotatable bonds is 4. The molecule has 0 aliphatic carbocycles. The molecule has 2 atom stereocenters. The van der Waals surface area contributed by atoms with E-state index < -0.39 is 5.92 Å². The van der Waals surface area contributed by atoms with E-state index in [9.17, 15) is 4.79 Å². The van der Waals surface area contributed by atoms with Crippen LogP contribution in [0.2, 0.25) is 0 Å². The molecule has 6 nitrogen and oxygen atoms in total. The molecule has 16 heavy (non-hydrogen) atoms. The summed E-state index contributed by atoms with van der Waals surface area (Å²) in [6.07, 6.45) is 3.29. The molecule has 0 bridgehead atoms. The van der Waals surface area contributed by atoms with E-state index in [1.165, 1.54) is 0 Å². The topological polar surface area (TPSA) is 96.9 Å². The van der Waals surface area contributed by atoms with Crippen molar-refractivity contribution >= 4 is 11.7 Å². The van der Waals surface area contributed by atoms with Crippen LogP contribution in [-0.2, 0) is 9.53 Å². The molecule has 1 aliphatic heterocycles. The first kappa shape index (κ1) is 12.8. The lowest BCUT2D eigenvalue weighted by Gasteiger charge is -2.23. The lowest BCUT2D eigenvalue weighted by molar-refractivity contribution is -0.123. The molecule has 6 heteroatoms. The third-order valence-corrected chi connectivity index (χ3v) is 2.73. The summed E-state index contributed by atoms with van der Waals surface area (Å²) in [5.74, 6) is -0.944. The first-order valence-electron chi connectivity index (χ1n) is 5.52. The second kappa shape index (κ2) is 6.32. The van der Waals surface area contributed by atoms with E-state index in [0.29, 0.717) is 6.54 Å². The van der Waals surface area contributed by atoms with Gasteiger partial charge in [0.15, 0.2) is 5.84 Å². The Morgan fingerprint density at radius 1 is 1.69 bits per heavy atom. The van der Waals surface area contributed by atoms with E-state index in [-0.39, 0.29) is 17.8 Å². The van der Waals surface area contributed by atoms with Crippen LogP contribution in [0.5, 0.6) is 0 Å². The lowest BCUT2D eigenvalue weighted by Crippen LogP contribution is -2.41. The molecule has 2 unspecified atom stereocenters. The molecule has 0 radical (unpaired) electrons. The maximum atomic E-state index is 11.5. The minimum Gasteiger partial charge on any atom is -0.409 e. The minimum absolute atomic E-state index is 0.0814. The van der Waals surface area contributed by atoms with Crippen LogP contribution in [0.15, 0.2) is 5.16 Å². The zero-order chi connectivity index (χ0) is 12.0. The lowest BCUT2D eigenvalue weighted by atomic mass is 10.1. The number of ether oxygens (including phenoxy) is 1. The van der Waals surface area contributed by atoms with Crippen LogP contribution in [0.1, 0.15) is 26.2 Å². The van der Waals surface area contributed by atoms with Gasteiger partial charge in [0, 0.05) is 13.2 Å². The highest BCUT2D eigenvalue weighted by atomic mass is 16.5. The van der Waals surface area contributed by atoms with Gasteiger partial charge >= 0.3 is 0 Å². The van der Waals surface area contributed by atoms with E-state index in [4.69, 9.17) is 15.7 Å². The highest BCUT2D eigenvalue weighted by molar-refractivity contribution is 6.01. The molecule has 0 aromatic rings. The molecule has 1 amide bonds. The summed E-state index contributed by atoms with van der Waals surface area (Å²) in [7, 11) is 0. The highest BCUT2D eigenvalue weighted by Crippen LogP contribution is 2.11. The van der Waals surface area contributed by atoms with Crippen molar-refractivity contribution < 1.29 is 14.7 Å². The first-order chi connectivity index (χ1) is 7.65. The van der Waals surface area contributed by atoms with Gasteiger partial charge in [0.2, 0.25) is 5.91 Å². The smallest absolute Gasteiger partial charge is 0.230 e. The van der Waals surface area contributed by atoms with Crippen LogP contribution in [0.25, 0.3) is 0 Å². The van der Waals surface area contributed by atoms with Gasteiger partial charge in [-0.3, -0.25) is 4.79 Å². The largest absolute Gasteiger partial charge is 0.409 e. The van der Waals surface area contributed by atoms with Crippen molar-refractivity contribution in [3.63, 3.8) is 0 Å². The van der Waals surface area contributed by atoms with E-state index in [0.717, 1.165) is 25.9 Å². The maximum Gasteiger partial charge on any atom is 0.230 e. The Bertz CT molecular complexity index is 262. The van der Waals surface area contributed by atoms with Gasteiger partial charge in [-0.25, -0.2) is 0 Å². The molecule has 4 N–H and O–H groups in total. The SMILES string of the molecule is CC(C(=O)NCC1CCCCO1)C(N)=NO. The van der Waals surface area contributed by atoms with Gasteiger partial charge in [0.05, 0.1) is 12.0 Å². The van der Waals surface area contributed by atoms with Gasteiger partial charge in [-0.2, -0.15) is 0 Å². The van der Waals surface area contributed by atoms with E-state index in [1.54, 1.807) is 6.92 Å².